The fourth-order valence-corrected chi connectivity index (χ4v) is 3.14. The van der Waals surface area contributed by atoms with Gasteiger partial charge in [-0.05, 0) is 43.5 Å². The van der Waals surface area contributed by atoms with Crippen LogP contribution >= 0.6 is 0 Å². The molecule has 3 aromatic rings. The Hall–Kier alpha value is -3.08. The molecule has 1 aliphatic rings. The second kappa shape index (κ2) is 6.43. The van der Waals surface area contributed by atoms with E-state index >= 15 is 0 Å². The molecular formula is C20H20N4O. The summed E-state index contributed by atoms with van der Waals surface area (Å²) in [7, 11) is 0. The zero-order chi connectivity index (χ0) is 17.2. The largest absolute Gasteiger partial charge is 0.437 e. The first-order valence-electron chi connectivity index (χ1n) is 8.43. The van der Waals surface area contributed by atoms with Crippen LogP contribution in [0.5, 0.6) is 11.6 Å². The SMILES string of the molecule is Cc1ccc(Oc2ncnc(N3CCCc4ccccc43)c2N)cc1. The quantitative estimate of drug-likeness (QED) is 0.777. The molecule has 0 radical (unpaired) electrons. The maximum atomic E-state index is 6.36. The molecule has 0 unspecified atom stereocenters. The van der Waals surface area contributed by atoms with Crippen LogP contribution in [0, 0.1) is 6.92 Å². The zero-order valence-corrected chi connectivity index (χ0v) is 14.1. The Morgan fingerprint density at radius 1 is 1.04 bits per heavy atom. The first-order chi connectivity index (χ1) is 12.2. The molecule has 0 saturated carbocycles. The third-order valence-electron chi connectivity index (χ3n) is 4.43. The molecule has 2 aromatic carbocycles. The number of fused-ring (bicyclic) bond motifs is 1. The average Bonchev–Trinajstić information content (AvgIpc) is 2.65. The first-order valence-corrected chi connectivity index (χ1v) is 8.43. The van der Waals surface area contributed by atoms with Crippen molar-refractivity contribution in [3.8, 4) is 11.6 Å². The maximum absolute atomic E-state index is 6.36. The predicted octanol–water partition coefficient (Wildman–Crippen LogP) is 4.24. The van der Waals surface area contributed by atoms with Crippen LogP contribution in [0.25, 0.3) is 0 Å². The smallest absolute Gasteiger partial charge is 0.248 e. The molecule has 0 amide bonds. The lowest BCUT2D eigenvalue weighted by Gasteiger charge is -2.31. The number of nitrogens with two attached hydrogens (primary N) is 1. The molecular weight excluding hydrogens is 312 g/mol. The van der Waals surface area contributed by atoms with E-state index in [0.717, 1.165) is 25.1 Å². The highest BCUT2D eigenvalue weighted by Crippen LogP contribution is 2.38. The van der Waals surface area contributed by atoms with Crippen molar-refractivity contribution in [1.82, 2.24) is 9.97 Å². The van der Waals surface area contributed by atoms with Gasteiger partial charge in [0, 0.05) is 12.2 Å². The zero-order valence-electron chi connectivity index (χ0n) is 14.1. The van der Waals surface area contributed by atoms with Gasteiger partial charge in [-0.2, -0.15) is 4.98 Å². The van der Waals surface area contributed by atoms with E-state index in [1.54, 1.807) is 0 Å². The second-order valence-electron chi connectivity index (χ2n) is 6.22. The number of hydrogen-bond acceptors (Lipinski definition) is 5. The topological polar surface area (TPSA) is 64.3 Å². The minimum Gasteiger partial charge on any atom is -0.437 e. The number of ether oxygens (including phenoxy) is 1. The third kappa shape index (κ3) is 3.01. The van der Waals surface area contributed by atoms with Gasteiger partial charge in [0.25, 0.3) is 0 Å². The van der Waals surface area contributed by atoms with Crippen LogP contribution in [0.4, 0.5) is 17.2 Å². The number of nitrogen functional groups attached to an aromatic ring is 1. The van der Waals surface area contributed by atoms with Crippen LogP contribution < -0.4 is 15.4 Å². The van der Waals surface area contributed by atoms with E-state index < -0.39 is 0 Å². The summed E-state index contributed by atoms with van der Waals surface area (Å²) in [5.41, 5.74) is 10.5. The summed E-state index contributed by atoms with van der Waals surface area (Å²) >= 11 is 0. The number of aromatic nitrogens is 2. The van der Waals surface area contributed by atoms with Crippen molar-refractivity contribution in [3.05, 3.63) is 66.0 Å². The molecule has 1 aromatic heterocycles. The molecule has 0 atom stereocenters. The Bertz CT molecular complexity index is 892. The summed E-state index contributed by atoms with van der Waals surface area (Å²) in [6.07, 6.45) is 3.64. The fourth-order valence-electron chi connectivity index (χ4n) is 3.14. The van der Waals surface area contributed by atoms with Crippen molar-refractivity contribution in [1.29, 1.82) is 0 Å². The van der Waals surface area contributed by atoms with E-state index in [9.17, 15) is 0 Å². The van der Waals surface area contributed by atoms with E-state index in [0.29, 0.717) is 23.1 Å². The Morgan fingerprint density at radius 3 is 2.68 bits per heavy atom. The van der Waals surface area contributed by atoms with Crippen molar-refractivity contribution in [2.45, 2.75) is 19.8 Å². The van der Waals surface area contributed by atoms with Crippen molar-refractivity contribution < 1.29 is 4.74 Å². The monoisotopic (exact) mass is 332 g/mol. The van der Waals surface area contributed by atoms with Gasteiger partial charge in [-0.1, -0.05) is 35.9 Å². The summed E-state index contributed by atoms with van der Waals surface area (Å²) in [5, 5.41) is 0. The highest BCUT2D eigenvalue weighted by molar-refractivity contribution is 5.76. The lowest BCUT2D eigenvalue weighted by Crippen LogP contribution is -2.26. The predicted molar refractivity (Wildman–Crippen MR) is 99.5 cm³/mol. The van der Waals surface area contributed by atoms with Crippen LogP contribution in [0.15, 0.2) is 54.9 Å². The number of benzene rings is 2. The van der Waals surface area contributed by atoms with Gasteiger partial charge in [0.05, 0.1) is 0 Å². The highest BCUT2D eigenvalue weighted by atomic mass is 16.5. The molecule has 4 rings (SSSR count). The molecule has 5 heteroatoms. The maximum Gasteiger partial charge on any atom is 0.248 e. The molecule has 0 bridgehead atoms. The van der Waals surface area contributed by atoms with Gasteiger partial charge in [0.2, 0.25) is 5.88 Å². The minimum absolute atomic E-state index is 0.386. The summed E-state index contributed by atoms with van der Waals surface area (Å²) in [6, 6.07) is 16.2. The van der Waals surface area contributed by atoms with E-state index in [1.165, 1.54) is 17.5 Å². The van der Waals surface area contributed by atoms with Crippen LogP contribution in [-0.4, -0.2) is 16.5 Å². The number of rotatable bonds is 3. The second-order valence-corrected chi connectivity index (χ2v) is 6.22. The van der Waals surface area contributed by atoms with Crippen molar-refractivity contribution in [2.24, 2.45) is 0 Å². The first kappa shape index (κ1) is 15.4. The van der Waals surface area contributed by atoms with Gasteiger partial charge in [-0.15, -0.1) is 0 Å². The molecule has 0 spiro atoms. The summed E-state index contributed by atoms with van der Waals surface area (Å²) in [5.74, 6) is 1.79. The molecule has 126 valence electrons. The molecule has 2 N–H and O–H groups in total. The Labute approximate surface area is 147 Å². The van der Waals surface area contributed by atoms with Crippen LogP contribution in [0.3, 0.4) is 0 Å². The molecule has 0 saturated heterocycles. The summed E-state index contributed by atoms with van der Waals surface area (Å²) in [6.45, 7) is 2.91. The normalized spacial score (nSPS) is 13.4. The third-order valence-corrected chi connectivity index (χ3v) is 4.43. The molecule has 0 fully saturated rings. The van der Waals surface area contributed by atoms with E-state index in [4.69, 9.17) is 10.5 Å². The standard InChI is InChI=1S/C20H20N4O/c1-14-8-10-16(11-9-14)25-20-18(21)19(22-13-23-20)24-12-4-6-15-5-2-3-7-17(15)24/h2-3,5,7-11,13H,4,6,12,21H2,1H3. The minimum atomic E-state index is 0.386. The Balaban J connectivity index is 1.69. The van der Waals surface area contributed by atoms with Gasteiger partial charge >= 0.3 is 0 Å². The molecule has 0 aliphatic carbocycles. The number of para-hydroxylation sites is 1. The number of aryl methyl sites for hydroxylation is 2. The van der Waals surface area contributed by atoms with Gasteiger partial charge in [0.15, 0.2) is 5.82 Å². The van der Waals surface area contributed by atoms with Crippen LogP contribution in [0.2, 0.25) is 0 Å². The lowest BCUT2D eigenvalue weighted by atomic mass is 10.0. The highest BCUT2D eigenvalue weighted by Gasteiger charge is 2.22. The van der Waals surface area contributed by atoms with Gasteiger partial charge < -0.3 is 15.4 Å². The van der Waals surface area contributed by atoms with E-state index in [2.05, 4.69) is 33.1 Å². The van der Waals surface area contributed by atoms with E-state index in [-0.39, 0.29) is 0 Å². The van der Waals surface area contributed by atoms with E-state index in [1.807, 2.05) is 37.3 Å². The fraction of sp³-hybridized carbons (Fsp3) is 0.200. The van der Waals surface area contributed by atoms with Gasteiger partial charge in [-0.3, -0.25) is 0 Å². The Kier molecular flexibility index (Phi) is 3.98. The molecule has 1 aliphatic heterocycles. The Morgan fingerprint density at radius 2 is 1.84 bits per heavy atom. The molecule has 2 heterocycles. The van der Waals surface area contributed by atoms with Gasteiger partial charge in [-0.25, -0.2) is 4.98 Å². The van der Waals surface area contributed by atoms with Gasteiger partial charge in [0.1, 0.15) is 17.8 Å². The van der Waals surface area contributed by atoms with Crippen molar-refractivity contribution in [3.63, 3.8) is 0 Å². The van der Waals surface area contributed by atoms with Crippen molar-refractivity contribution >= 4 is 17.2 Å². The number of hydrogen-bond donors (Lipinski definition) is 1. The number of nitrogens with zero attached hydrogens (tertiary/aromatic N) is 3. The van der Waals surface area contributed by atoms with Crippen molar-refractivity contribution in [2.75, 3.05) is 17.2 Å². The lowest BCUT2D eigenvalue weighted by molar-refractivity contribution is 0.464. The summed E-state index contributed by atoms with van der Waals surface area (Å²) < 4.78 is 5.88. The van der Waals surface area contributed by atoms with Crippen LogP contribution in [0.1, 0.15) is 17.5 Å². The molecule has 25 heavy (non-hydrogen) atoms. The average molecular weight is 332 g/mol. The number of anilines is 3. The summed E-state index contributed by atoms with van der Waals surface area (Å²) in [4.78, 5) is 10.8. The van der Waals surface area contributed by atoms with Crippen LogP contribution in [-0.2, 0) is 6.42 Å². The molecule has 5 nitrogen and oxygen atoms in total.